The number of aromatic carboxylic acids is 1. The van der Waals surface area contributed by atoms with Crippen molar-refractivity contribution in [3.8, 4) is 0 Å². The lowest BCUT2D eigenvalue weighted by Gasteiger charge is -2.37. The Morgan fingerprint density at radius 1 is 1.20 bits per heavy atom. The highest BCUT2D eigenvalue weighted by Gasteiger charge is 2.38. The van der Waals surface area contributed by atoms with Crippen LogP contribution >= 0.6 is 0 Å². The Balaban J connectivity index is 1.72. The van der Waals surface area contributed by atoms with E-state index in [1.807, 2.05) is 12.1 Å². The number of anilines is 1. The quantitative estimate of drug-likeness (QED) is 0.500. The van der Waals surface area contributed by atoms with E-state index in [0.29, 0.717) is 0 Å². The van der Waals surface area contributed by atoms with Crippen molar-refractivity contribution in [1.82, 2.24) is 0 Å². The number of carbonyl (C=O) groups is 1. The first-order chi connectivity index (χ1) is 12.0. The standard InChI is InChI=1S/C19H16N2O4/c22-19(23)12-6-4-11(5-7-12)18-15-3-1-2-14(15)16-10-13(21(24)25)8-9-17(16)20-18/h1-2,4-10,14-15,18,20H,3H2,(H,22,23)/t14-,15+,18+/m1/s1. The third-order valence-corrected chi connectivity index (χ3v) is 5.07. The van der Waals surface area contributed by atoms with E-state index in [4.69, 9.17) is 5.11 Å². The number of nitrogens with zero attached hydrogens (tertiary/aromatic N) is 1. The van der Waals surface area contributed by atoms with E-state index in [2.05, 4.69) is 17.5 Å². The van der Waals surface area contributed by atoms with Crippen LogP contribution in [0.1, 0.15) is 39.9 Å². The van der Waals surface area contributed by atoms with Crippen LogP contribution in [0.2, 0.25) is 0 Å². The number of allylic oxidation sites excluding steroid dienone is 2. The molecule has 0 unspecified atom stereocenters. The molecule has 6 nitrogen and oxygen atoms in total. The van der Waals surface area contributed by atoms with Gasteiger partial charge >= 0.3 is 5.97 Å². The number of rotatable bonds is 3. The Morgan fingerprint density at radius 2 is 1.96 bits per heavy atom. The smallest absolute Gasteiger partial charge is 0.335 e. The maximum Gasteiger partial charge on any atom is 0.335 e. The van der Waals surface area contributed by atoms with Crippen molar-refractivity contribution in [3.63, 3.8) is 0 Å². The third kappa shape index (κ3) is 2.55. The van der Waals surface area contributed by atoms with Gasteiger partial charge in [-0.15, -0.1) is 0 Å². The lowest BCUT2D eigenvalue weighted by Crippen LogP contribution is -2.29. The molecular weight excluding hydrogens is 320 g/mol. The van der Waals surface area contributed by atoms with Crippen LogP contribution in [-0.2, 0) is 0 Å². The van der Waals surface area contributed by atoms with Crippen molar-refractivity contribution in [2.75, 3.05) is 5.32 Å². The predicted octanol–water partition coefficient (Wildman–Crippen LogP) is 4.12. The summed E-state index contributed by atoms with van der Waals surface area (Å²) >= 11 is 0. The average molecular weight is 336 g/mol. The maximum atomic E-state index is 11.1. The molecule has 126 valence electrons. The van der Waals surface area contributed by atoms with Gasteiger partial charge in [0.1, 0.15) is 0 Å². The van der Waals surface area contributed by atoms with Crippen LogP contribution in [-0.4, -0.2) is 16.0 Å². The fraction of sp³-hybridized carbons (Fsp3) is 0.211. The SMILES string of the molecule is O=C(O)c1ccc([C@@H]2Nc3ccc([N+](=O)[O-])cc3[C@@H]3C=CC[C@@H]32)cc1. The molecule has 0 aromatic heterocycles. The zero-order valence-corrected chi connectivity index (χ0v) is 13.3. The van der Waals surface area contributed by atoms with Crippen molar-refractivity contribution in [1.29, 1.82) is 0 Å². The van der Waals surface area contributed by atoms with E-state index in [1.54, 1.807) is 24.3 Å². The number of nitrogens with one attached hydrogen (secondary N) is 1. The van der Waals surface area contributed by atoms with Gasteiger partial charge in [-0.25, -0.2) is 4.79 Å². The minimum Gasteiger partial charge on any atom is -0.478 e. The number of carboxylic acids is 1. The molecule has 0 saturated heterocycles. The summed E-state index contributed by atoms with van der Waals surface area (Å²) in [4.78, 5) is 21.7. The highest BCUT2D eigenvalue weighted by atomic mass is 16.6. The lowest BCUT2D eigenvalue weighted by molar-refractivity contribution is -0.384. The number of nitro benzene ring substituents is 1. The topological polar surface area (TPSA) is 92.5 Å². The summed E-state index contributed by atoms with van der Waals surface area (Å²) in [5, 5.41) is 23.6. The van der Waals surface area contributed by atoms with E-state index >= 15 is 0 Å². The second-order valence-electron chi connectivity index (χ2n) is 6.43. The van der Waals surface area contributed by atoms with Gasteiger partial charge in [0.25, 0.3) is 5.69 Å². The van der Waals surface area contributed by atoms with Crippen LogP contribution < -0.4 is 5.32 Å². The van der Waals surface area contributed by atoms with Crippen LogP contribution in [0.4, 0.5) is 11.4 Å². The lowest BCUT2D eigenvalue weighted by atomic mass is 9.77. The van der Waals surface area contributed by atoms with E-state index in [0.717, 1.165) is 23.2 Å². The van der Waals surface area contributed by atoms with Gasteiger partial charge < -0.3 is 10.4 Å². The molecule has 2 aromatic carbocycles. The van der Waals surface area contributed by atoms with Crippen LogP contribution in [0.15, 0.2) is 54.6 Å². The van der Waals surface area contributed by atoms with Crippen LogP contribution in [0.25, 0.3) is 0 Å². The van der Waals surface area contributed by atoms with Gasteiger partial charge in [-0.1, -0.05) is 24.3 Å². The molecule has 6 heteroatoms. The molecule has 25 heavy (non-hydrogen) atoms. The summed E-state index contributed by atoms with van der Waals surface area (Å²) in [6.45, 7) is 0. The highest BCUT2D eigenvalue weighted by Crippen LogP contribution is 2.50. The molecule has 0 fully saturated rings. The predicted molar refractivity (Wildman–Crippen MR) is 92.8 cm³/mol. The van der Waals surface area contributed by atoms with Crippen molar-refractivity contribution >= 4 is 17.3 Å². The summed E-state index contributed by atoms with van der Waals surface area (Å²) in [6.07, 6.45) is 5.11. The van der Waals surface area contributed by atoms with E-state index in [9.17, 15) is 14.9 Å². The van der Waals surface area contributed by atoms with Crippen molar-refractivity contribution < 1.29 is 14.8 Å². The molecular formula is C19H16N2O4. The molecule has 3 atom stereocenters. The summed E-state index contributed by atoms with van der Waals surface area (Å²) in [5.74, 6) is -0.563. The first kappa shape index (κ1) is 15.4. The van der Waals surface area contributed by atoms with E-state index in [1.165, 1.54) is 6.07 Å². The van der Waals surface area contributed by atoms with Gasteiger partial charge in [0, 0.05) is 23.7 Å². The number of hydrogen-bond acceptors (Lipinski definition) is 4. The second kappa shape index (κ2) is 5.73. The van der Waals surface area contributed by atoms with Gasteiger partial charge in [-0.3, -0.25) is 10.1 Å². The largest absolute Gasteiger partial charge is 0.478 e. The number of nitro groups is 1. The Labute approximate surface area is 144 Å². The van der Waals surface area contributed by atoms with Crippen LogP contribution in [0, 0.1) is 16.0 Å². The Hall–Kier alpha value is -3.15. The van der Waals surface area contributed by atoms with E-state index in [-0.39, 0.29) is 34.1 Å². The van der Waals surface area contributed by atoms with E-state index < -0.39 is 5.97 Å². The highest BCUT2D eigenvalue weighted by molar-refractivity contribution is 5.87. The van der Waals surface area contributed by atoms with Gasteiger partial charge in [-0.05, 0) is 41.7 Å². The van der Waals surface area contributed by atoms with Gasteiger partial charge in [-0.2, -0.15) is 0 Å². The summed E-state index contributed by atoms with van der Waals surface area (Å²) < 4.78 is 0. The molecule has 0 amide bonds. The molecule has 0 bridgehead atoms. The monoisotopic (exact) mass is 336 g/mol. The molecule has 1 aliphatic carbocycles. The number of hydrogen-bond donors (Lipinski definition) is 2. The third-order valence-electron chi connectivity index (χ3n) is 5.07. The minimum atomic E-state index is -0.943. The molecule has 1 aliphatic heterocycles. The number of fused-ring (bicyclic) bond motifs is 3. The number of carboxylic acid groups (broad SMARTS) is 1. The maximum absolute atomic E-state index is 11.1. The normalized spacial score (nSPS) is 23.4. The molecule has 0 saturated carbocycles. The molecule has 1 heterocycles. The average Bonchev–Trinajstić information content (AvgIpc) is 3.10. The molecule has 4 rings (SSSR count). The molecule has 2 aromatic rings. The minimum absolute atomic E-state index is 0.0387. The van der Waals surface area contributed by atoms with Crippen molar-refractivity contribution in [3.05, 3.63) is 81.4 Å². The molecule has 0 spiro atoms. The van der Waals surface area contributed by atoms with Crippen LogP contribution in [0.5, 0.6) is 0 Å². The van der Waals surface area contributed by atoms with Crippen molar-refractivity contribution in [2.45, 2.75) is 18.4 Å². The zero-order valence-electron chi connectivity index (χ0n) is 13.3. The Kier molecular flexibility index (Phi) is 3.53. The fourth-order valence-electron chi connectivity index (χ4n) is 3.86. The second-order valence-corrected chi connectivity index (χ2v) is 6.43. The number of non-ortho nitro benzene ring substituents is 1. The Morgan fingerprint density at radius 3 is 2.64 bits per heavy atom. The summed E-state index contributed by atoms with van der Waals surface area (Å²) in [6, 6.07) is 11.9. The molecule has 2 N–H and O–H groups in total. The van der Waals surface area contributed by atoms with Crippen LogP contribution in [0.3, 0.4) is 0 Å². The Bertz CT molecular complexity index is 889. The molecule has 0 radical (unpaired) electrons. The fourth-order valence-corrected chi connectivity index (χ4v) is 3.86. The van der Waals surface area contributed by atoms with Gasteiger partial charge in [0.2, 0.25) is 0 Å². The summed E-state index contributed by atoms with van der Waals surface area (Å²) in [7, 11) is 0. The van der Waals surface area contributed by atoms with Gasteiger partial charge in [0.05, 0.1) is 16.5 Å². The summed E-state index contributed by atoms with van der Waals surface area (Å²) in [5.41, 5.74) is 3.23. The van der Waals surface area contributed by atoms with Crippen molar-refractivity contribution in [2.24, 2.45) is 5.92 Å². The first-order valence-electron chi connectivity index (χ1n) is 8.09. The first-order valence-corrected chi connectivity index (χ1v) is 8.09. The zero-order chi connectivity index (χ0) is 17.6. The molecule has 2 aliphatic rings. The van der Waals surface area contributed by atoms with Gasteiger partial charge in [0.15, 0.2) is 0 Å². The number of benzene rings is 2.